The highest BCUT2D eigenvalue weighted by Crippen LogP contribution is 2.25. The van der Waals surface area contributed by atoms with E-state index in [0.717, 1.165) is 33.8 Å². The van der Waals surface area contributed by atoms with Crippen LogP contribution in [0.1, 0.15) is 19.3 Å². The number of allylic oxidation sites excluding steroid dienone is 2. The summed E-state index contributed by atoms with van der Waals surface area (Å²) in [6.07, 6.45) is 6.99. The quantitative estimate of drug-likeness (QED) is 0.610. The van der Waals surface area contributed by atoms with Crippen molar-refractivity contribution in [3.63, 3.8) is 0 Å². The molecular weight excluding hydrogens is 217 g/mol. The van der Waals surface area contributed by atoms with E-state index in [0.29, 0.717) is 6.04 Å². The highest BCUT2D eigenvalue weighted by atomic mass is 35.5. The molecule has 0 bridgehead atoms. The molecule has 80 valence electrons. The first kappa shape index (κ1) is 12.1. The Morgan fingerprint density at radius 2 is 1.86 bits per heavy atom. The molecule has 0 spiro atoms. The van der Waals surface area contributed by atoms with Crippen LogP contribution < -0.4 is 0 Å². The van der Waals surface area contributed by atoms with Gasteiger partial charge in [0.1, 0.15) is 6.04 Å². The maximum Gasteiger partial charge on any atom is 0.113 e. The lowest BCUT2D eigenvalue weighted by molar-refractivity contribution is -0.888. The second-order valence-corrected chi connectivity index (χ2v) is 5.66. The Hall–Kier alpha value is 0.0200. The van der Waals surface area contributed by atoms with Crippen molar-refractivity contribution in [2.45, 2.75) is 25.3 Å². The molecule has 0 heterocycles. The standard InChI is InChI=1S/C11H18Cl2N/c1-14(2,3)11-7-9(12)5-4-6-10(13)8-11/h5,8,11H,4,6-7H2,1-3H3/q+1/t11-/m1/s1. The summed E-state index contributed by atoms with van der Waals surface area (Å²) >= 11 is 12.2. The van der Waals surface area contributed by atoms with E-state index in [9.17, 15) is 0 Å². The van der Waals surface area contributed by atoms with Crippen molar-refractivity contribution in [3.8, 4) is 0 Å². The van der Waals surface area contributed by atoms with Gasteiger partial charge >= 0.3 is 0 Å². The van der Waals surface area contributed by atoms with E-state index in [2.05, 4.69) is 33.3 Å². The van der Waals surface area contributed by atoms with Crippen LogP contribution >= 0.6 is 23.2 Å². The van der Waals surface area contributed by atoms with Crippen LogP contribution in [0.15, 0.2) is 22.2 Å². The Labute approximate surface area is 96.6 Å². The minimum Gasteiger partial charge on any atom is -0.325 e. The highest BCUT2D eigenvalue weighted by molar-refractivity contribution is 6.30. The third-order valence-corrected chi connectivity index (χ3v) is 3.14. The van der Waals surface area contributed by atoms with E-state index in [1.165, 1.54) is 0 Å². The first-order valence-corrected chi connectivity index (χ1v) is 5.67. The van der Waals surface area contributed by atoms with Crippen molar-refractivity contribution in [2.24, 2.45) is 0 Å². The maximum absolute atomic E-state index is 6.12. The summed E-state index contributed by atoms with van der Waals surface area (Å²) in [6.45, 7) is 0. The van der Waals surface area contributed by atoms with Crippen molar-refractivity contribution >= 4 is 23.2 Å². The molecule has 0 saturated heterocycles. The normalized spacial score (nSPS) is 24.8. The molecule has 0 aromatic heterocycles. The summed E-state index contributed by atoms with van der Waals surface area (Å²) in [6, 6.07) is 0.381. The molecule has 0 fully saturated rings. The number of quaternary nitrogens is 1. The fourth-order valence-corrected chi connectivity index (χ4v) is 2.02. The van der Waals surface area contributed by atoms with Crippen molar-refractivity contribution < 1.29 is 4.48 Å². The molecule has 0 radical (unpaired) electrons. The maximum atomic E-state index is 6.12. The predicted molar refractivity (Wildman–Crippen MR) is 63.5 cm³/mol. The fraction of sp³-hybridized carbons (Fsp3) is 0.636. The molecule has 14 heavy (non-hydrogen) atoms. The lowest BCUT2D eigenvalue weighted by Gasteiger charge is -2.33. The molecular formula is C11H18Cl2N+. The second kappa shape index (κ2) is 4.69. The number of hydrogen-bond donors (Lipinski definition) is 0. The van der Waals surface area contributed by atoms with Gasteiger partial charge in [0, 0.05) is 16.5 Å². The van der Waals surface area contributed by atoms with E-state index in [-0.39, 0.29) is 0 Å². The molecule has 1 rings (SSSR count). The molecule has 0 unspecified atom stereocenters. The predicted octanol–water partition coefficient (Wildman–Crippen LogP) is 3.49. The summed E-state index contributed by atoms with van der Waals surface area (Å²) in [5, 5.41) is 1.92. The molecule has 0 aromatic rings. The van der Waals surface area contributed by atoms with Crippen LogP contribution in [0.3, 0.4) is 0 Å². The third kappa shape index (κ3) is 3.64. The van der Waals surface area contributed by atoms with Crippen LogP contribution in [0.5, 0.6) is 0 Å². The molecule has 0 aromatic carbocycles. The van der Waals surface area contributed by atoms with Crippen molar-refractivity contribution in [1.29, 1.82) is 0 Å². The smallest absolute Gasteiger partial charge is 0.113 e. The van der Waals surface area contributed by atoms with E-state index < -0.39 is 0 Å². The zero-order chi connectivity index (χ0) is 10.8. The molecule has 1 aliphatic rings. The van der Waals surface area contributed by atoms with Gasteiger partial charge in [-0.1, -0.05) is 29.3 Å². The largest absolute Gasteiger partial charge is 0.325 e. The van der Waals surface area contributed by atoms with Crippen LogP contribution in [0, 0.1) is 0 Å². The van der Waals surface area contributed by atoms with E-state index in [1.807, 2.05) is 0 Å². The van der Waals surface area contributed by atoms with Crippen LogP contribution in [-0.2, 0) is 0 Å². The zero-order valence-corrected chi connectivity index (χ0v) is 10.6. The average molecular weight is 235 g/mol. The molecule has 3 heteroatoms. The minimum atomic E-state index is 0.381. The fourth-order valence-electron chi connectivity index (χ4n) is 1.50. The summed E-state index contributed by atoms with van der Waals surface area (Å²) in [7, 11) is 6.49. The monoisotopic (exact) mass is 234 g/mol. The lowest BCUT2D eigenvalue weighted by atomic mass is 10.1. The van der Waals surface area contributed by atoms with Crippen molar-refractivity contribution in [1.82, 2.24) is 0 Å². The number of likely N-dealkylation sites (N-methyl/N-ethyl adjacent to an activating group) is 1. The van der Waals surface area contributed by atoms with Gasteiger partial charge in [-0.05, 0) is 18.9 Å². The summed E-state index contributed by atoms with van der Waals surface area (Å²) in [4.78, 5) is 0. The van der Waals surface area contributed by atoms with Crippen LogP contribution in [0.2, 0.25) is 0 Å². The van der Waals surface area contributed by atoms with Gasteiger partial charge < -0.3 is 4.48 Å². The Morgan fingerprint density at radius 3 is 2.43 bits per heavy atom. The SMILES string of the molecule is C[N+](C)(C)[C@H]1C=C(Cl)CCC=C(Cl)C1. The van der Waals surface area contributed by atoms with Crippen LogP contribution in [0.25, 0.3) is 0 Å². The number of rotatable bonds is 1. The number of nitrogens with zero attached hydrogens (tertiary/aromatic N) is 1. The summed E-state index contributed by atoms with van der Waals surface area (Å²) < 4.78 is 0.861. The Kier molecular flexibility index (Phi) is 4.05. The first-order chi connectivity index (χ1) is 6.39. The van der Waals surface area contributed by atoms with Gasteiger partial charge in [-0.25, -0.2) is 0 Å². The van der Waals surface area contributed by atoms with Gasteiger partial charge in [-0.3, -0.25) is 0 Å². The molecule has 0 N–H and O–H groups in total. The summed E-state index contributed by atoms with van der Waals surface area (Å²) in [5.74, 6) is 0. The van der Waals surface area contributed by atoms with Crippen molar-refractivity contribution in [3.05, 3.63) is 22.2 Å². The van der Waals surface area contributed by atoms with Gasteiger partial charge in [0.15, 0.2) is 0 Å². The molecule has 0 aliphatic heterocycles. The van der Waals surface area contributed by atoms with Gasteiger partial charge in [0.2, 0.25) is 0 Å². The minimum absolute atomic E-state index is 0.381. The molecule has 1 nitrogen and oxygen atoms in total. The average Bonchev–Trinajstić information content (AvgIpc) is 1.98. The second-order valence-electron chi connectivity index (χ2n) is 4.69. The molecule has 1 atom stereocenters. The molecule has 0 amide bonds. The van der Waals surface area contributed by atoms with E-state index in [1.54, 1.807) is 0 Å². The molecule has 1 aliphatic carbocycles. The Bertz CT molecular complexity index is 261. The lowest BCUT2D eigenvalue weighted by Crippen LogP contribution is -2.44. The van der Waals surface area contributed by atoms with Crippen LogP contribution in [0.4, 0.5) is 0 Å². The molecule has 0 saturated carbocycles. The van der Waals surface area contributed by atoms with Gasteiger partial charge in [0.25, 0.3) is 0 Å². The van der Waals surface area contributed by atoms with E-state index in [4.69, 9.17) is 23.2 Å². The van der Waals surface area contributed by atoms with Gasteiger partial charge in [-0.15, -0.1) is 0 Å². The van der Waals surface area contributed by atoms with Crippen molar-refractivity contribution in [2.75, 3.05) is 21.1 Å². The van der Waals surface area contributed by atoms with Gasteiger partial charge in [0.05, 0.1) is 21.1 Å². The number of hydrogen-bond acceptors (Lipinski definition) is 0. The first-order valence-electron chi connectivity index (χ1n) is 4.91. The Morgan fingerprint density at radius 1 is 1.21 bits per heavy atom. The zero-order valence-electron chi connectivity index (χ0n) is 9.06. The Balaban J connectivity index is 2.84. The van der Waals surface area contributed by atoms with Crippen LogP contribution in [-0.4, -0.2) is 31.7 Å². The topological polar surface area (TPSA) is 0 Å². The number of halogens is 2. The third-order valence-electron chi connectivity index (χ3n) is 2.52. The van der Waals surface area contributed by atoms with Gasteiger partial charge in [-0.2, -0.15) is 0 Å². The van der Waals surface area contributed by atoms with E-state index >= 15 is 0 Å². The highest BCUT2D eigenvalue weighted by Gasteiger charge is 2.23. The summed E-state index contributed by atoms with van der Waals surface area (Å²) in [5.41, 5.74) is 0.